The van der Waals surface area contributed by atoms with E-state index < -0.39 is 0 Å². The molecule has 0 aromatic rings. The molecule has 0 heterocycles. The van der Waals surface area contributed by atoms with Gasteiger partial charge in [-0.05, 0) is 27.7 Å². The predicted molar refractivity (Wildman–Crippen MR) is 40.7 cm³/mol. The first-order chi connectivity index (χ1) is 3.83. The van der Waals surface area contributed by atoms with Crippen LogP contribution in [0.5, 0.6) is 0 Å². The third kappa shape index (κ3) is 258. The first-order valence-corrected chi connectivity index (χ1v) is 2.34. The fourth-order valence-corrected chi connectivity index (χ4v) is 0. The van der Waals surface area contributed by atoms with Crippen molar-refractivity contribution in [1.29, 1.82) is 5.41 Å². The molecule has 2 nitrogen and oxygen atoms in total. The van der Waals surface area contributed by atoms with Crippen molar-refractivity contribution in [2.24, 2.45) is 0 Å². The van der Waals surface area contributed by atoms with Gasteiger partial charge in [0.05, 0.1) is 0 Å². The summed E-state index contributed by atoms with van der Waals surface area (Å²) in [7, 11) is 3.75. The van der Waals surface area contributed by atoms with Crippen molar-refractivity contribution in [3.8, 4) is 0 Å². The molecular weight excluding hydrogens is 100 g/mol. The monoisotopic (exact) mass is 116 g/mol. The molecule has 0 spiro atoms. The lowest BCUT2D eigenvalue weighted by molar-refractivity contribution is 1.02. The third-order valence-electron chi connectivity index (χ3n) is 0. The zero-order valence-corrected chi connectivity index (χ0v) is 5.99. The van der Waals surface area contributed by atoms with E-state index in [9.17, 15) is 0 Å². The second kappa shape index (κ2) is 97.9. The van der Waals surface area contributed by atoms with E-state index in [2.05, 4.69) is 18.6 Å². The topological polar surface area (TPSA) is 35.9 Å². The van der Waals surface area contributed by atoms with E-state index in [1.54, 1.807) is 6.08 Å². The average molecular weight is 116 g/mol. The molecule has 0 unspecified atom stereocenters. The molecule has 0 aliphatic carbocycles. The van der Waals surface area contributed by atoms with Crippen LogP contribution in [0.15, 0.2) is 12.7 Å². The highest BCUT2D eigenvalue weighted by molar-refractivity contribution is 5.15. The zero-order chi connectivity index (χ0) is 7.41. The summed E-state index contributed by atoms with van der Waals surface area (Å²) < 4.78 is 0. The van der Waals surface area contributed by atoms with Crippen molar-refractivity contribution in [3.05, 3.63) is 12.7 Å². The third-order valence-corrected chi connectivity index (χ3v) is 0. The summed E-state index contributed by atoms with van der Waals surface area (Å²) >= 11 is 0. The van der Waals surface area contributed by atoms with Gasteiger partial charge in [-0.25, -0.2) is 0 Å². The normalized spacial score (nSPS) is 4.38. The van der Waals surface area contributed by atoms with Crippen LogP contribution >= 0.6 is 0 Å². The van der Waals surface area contributed by atoms with Gasteiger partial charge in [0.25, 0.3) is 0 Å². The van der Waals surface area contributed by atoms with Crippen molar-refractivity contribution in [3.63, 3.8) is 0 Å². The van der Waals surface area contributed by atoms with E-state index >= 15 is 0 Å². The Bertz CT molecular complexity index is 27.7. The highest BCUT2D eigenvalue weighted by atomic mass is 14.7. The molecule has 0 radical (unpaired) electrons. The van der Waals surface area contributed by atoms with Gasteiger partial charge in [-0.15, -0.1) is 6.58 Å². The molecule has 2 N–H and O–H groups in total. The van der Waals surface area contributed by atoms with Gasteiger partial charge in [-0.3, -0.25) is 0 Å². The van der Waals surface area contributed by atoms with Crippen molar-refractivity contribution >= 4 is 6.72 Å². The van der Waals surface area contributed by atoms with Gasteiger partial charge in [0.1, 0.15) is 0 Å². The Balaban J connectivity index is -0.0000000483. The first-order valence-electron chi connectivity index (χ1n) is 2.34. The number of allylic oxidation sites excluding steroid dienone is 1. The average Bonchev–Trinajstić information content (AvgIpc) is 1.75. The molecule has 8 heavy (non-hydrogen) atoms. The lowest BCUT2D eigenvalue weighted by Crippen LogP contribution is -1.89. The molecular formula is C6H16N2. The van der Waals surface area contributed by atoms with E-state index in [0.29, 0.717) is 0 Å². The summed E-state index contributed by atoms with van der Waals surface area (Å²) in [6.07, 6.45) is 1.75. The molecule has 0 aliphatic heterocycles. The maximum atomic E-state index is 5.50. The number of rotatable bonds is 0. The summed E-state index contributed by atoms with van der Waals surface area (Å²) in [5.74, 6) is 0. The van der Waals surface area contributed by atoms with Gasteiger partial charge in [-0.1, -0.05) is 6.08 Å². The second-order valence-electron chi connectivity index (χ2n) is 0.908. The van der Waals surface area contributed by atoms with E-state index in [1.807, 2.05) is 21.0 Å². The van der Waals surface area contributed by atoms with E-state index in [-0.39, 0.29) is 0 Å². The lowest BCUT2D eigenvalue weighted by atomic mass is 10.8. The van der Waals surface area contributed by atoms with Crippen LogP contribution in [0.4, 0.5) is 0 Å². The summed E-state index contributed by atoms with van der Waals surface area (Å²) in [4.78, 5) is 0. The fourth-order valence-electron chi connectivity index (χ4n) is 0. The molecule has 50 valence electrons. The van der Waals surface area contributed by atoms with Crippen molar-refractivity contribution in [2.75, 3.05) is 14.1 Å². The number of nitrogens with one attached hydrogen (secondary N) is 2. The molecule has 0 saturated heterocycles. The van der Waals surface area contributed by atoms with Crippen LogP contribution in [-0.2, 0) is 0 Å². The van der Waals surface area contributed by atoms with Crippen LogP contribution in [0.1, 0.15) is 6.92 Å². The largest absolute Gasteiger partial charge is 0.323 e. The predicted octanol–water partition coefficient (Wildman–Crippen LogP) is 1.29. The maximum Gasteiger partial charge on any atom is -0.0167 e. The SMILES string of the molecule is C=CC.C=N.CNC. The van der Waals surface area contributed by atoms with E-state index in [0.717, 1.165) is 0 Å². The van der Waals surface area contributed by atoms with E-state index in [1.165, 1.54) is 0 Å². The highest BCUT2D eigenvalue weighted by Crippen LogP contribution is 1.38. The number of hydrogen-bond donors (Lipinski definition) is 2. The molecule has 0 atom stereocenters. The molecule has 0 amide bonds. The van der Waals surface area contributed by atoms with Gasteiger partial charge in [0.2, 0.25) is 0 Å². The molecule has 0 aromatic carbocycles. The molecule has 0 aliphatic rings. The molecule has 0 bridgehead atoms. The Kier molecular flexibility index (Phi) is 192. The minimum absolute atomic E-state index is 1.75. The van der Waals surface area contributed by atoms with Crippen molar-refractivity contribution in [2.45, 2.75) is 6.92 Å². The van der Waals surface area contributed by atoms with Crippen LogP contribution in [-0.4, -0.2) is 20.8 Å². The smallest absolute Gasteiger partial charge is 0.0167 e. The summed E-state index contributed by atoms with van der Waals surface area (Å²) in [6, 6.07) is 0. The highest BCUT2D eigenvalue weighted by Gasteiger charge is 1.25. The quantitative estimate of drug-likeness (QED) is 0.363. The van der Waals surface area contributed by atoms with E-state index in [4.69, 9.17) is 5.41 Å². The minimum Gasteiger partial charge on any atom is -0.323 e. The Morgan fingerprint density at radius 2 is 1.38 bits per heavy atom. The standard InChI is InChI=1S/C3H6.C2H7N.CH3N/c2*1-3-2;1-2/h3H,1H2,2H3;3H,1-2H3;2H,1H2. The second-order valence-corrected chi connectivity index (χ2v) is 0.908. The first kappa shape index (κ1) is 15.7. The number of hydrogen-bond acceptors (Lipinski definition) is 2. The molecule has 0 rings (SSSR count). The van der Waals surface area contributed by atoms with Gasteiger partial charge < -0.3 is 10.7 Å². The van der Waals surface area contributed by atoms with Gasteiger partial charge in [-0.2, -0.15) is 0 Å². The molecule has 0 aromatic heterocycles. The van der Waals surface area contributed by atoms with Gasteiger partial charge >= 0.3 is 0 Å². The molecule has 0 fully saturated rings. The lowest BCUT2D eigenvalue weighted by Gasteiger charge is -1.59. The fraction of sp³-hybridized carbons (Fsp3) is 0.500. The Hall–Kier alpha value is -0.630. The van der Waals surface area contributed by atoms with Crippen LogP contribution in [0, 0.1) is 5.41 Å². The summed E-state index contributed by atoms with van der Waals surface area (Å²) in [5, 5.41) is 8.25. The van der Waals surface area contributed by atoms with Gasteiger partial charge in [0, 0.05) is 0 Å². The molecule has 2 heteroatoms. The Labute approximate surface area is 52.1 Å². The Morgan fingerprint density at radius 3 is 1.38 bits per heavy atom. The molecule has 0 saturated carbocycles. The summed E-state index contributed by atoms with van der Waals surface area (Å²) in [6.45, 7) is 7.75. The van der Waals surface area contributed by atoms with Crippen LogP contribution in [0.2, 0.25) is 0 Å². The van der Waals surface area contributed by atoms with Gasteiger partial charge in [0.15, 0.2) is 0 Å². The van der Waals surface area contributed by atoms with Crippen LogP contribution < -0.4 is 5.32 Å². The summed E-state index contributed by atoms with van der Waals surface area (Å²) in [5.41, 5.74) is 0. The minimum atomic E-state index is 1.75. The van der Waals surface area contributed by atoms with Crippen molar-refractivity contribution in [1.82, 2.24) is 5.32 Å². The van der Waals surface area contributed by atoms with Crippen molar-refractivity contribution < 1.29 is 0 Å². The Morgan fingerprint density at radius 1 is 1.38 bits per heavy atom. The maximum absolute atomic E-state index is 5.50. The van der Waals surface area contributed by atoms with Crippen LogP contribution in [0.3, 0.4) is 0 Å². The van der Waals surface area contributed by atoms with Crippen LogP contribution in [0.25, 0.3) is 0 Å². The zero-order valence-electron chi connectivity index (χ0n) is 5.99.